The Morgan fingerprint density at radius 3 is 2.60 bits per heavy atom. The van der Waals surface area contributed by atoms with Crippen molar-refractivity contribution in [3.8, 4) is 5.75 Å². The van der Waals surface area contributed by atoms with Crippen LogP contribution in [0, 0.1) is 0 Å². The van der Waals surface area contributed by atoms with Crippen molar-refractivity contribution in [2.24, 2.45) is 0 Å². The molecule has 2 N–H and O–H groups in total. The summed E-state index contributed by atoms with van der Waals surface area (Å²) >= 11 is 0. The van der Waals surface area contributed by atoms with Gasteiger partial charge in [-0.25, -0.2) is 0 Å². The van der Waals surface area contributed by atoms with Crippen LogP contribution in [0.1, 0.15) is 41.8 Å². The second-order valence-electron chi connectivity index (χ2n) is 5.77. The molecular weight excluding hydrogens is 318 g/mol. The highest BCUT2D eigenvalue weighted by atomic mass is 16.5. The van der Waals surface area contributed by atoms with E-state index in [0.717, 1.165) is 5.56 Å². The number of carbonyl (C=O) groups excluding carboxylic acids is 2. The number of benzene rings is 2. The summed E-state index contributed by atoms with van der Waals surface area (Å²) in [5, 5.41) is 12.7. The fraction of sp³-hybridized carbons (Fsp3) is 0.300. The van der Waals surface area contributed by atoms with Crippen LogP contribution in [0.5, 0.6) is 5.75 Å². The van der Waals surface area contributed by atoms with E-state index in [1.165, 1.54) is 6.92 Å². The van der Waals surface area contributed by atoms with Crippen LogP contribution < -0.4 is 10.1 Å². The number of nitrogens with one attached hydrogen (secondary N) is 1. The van der Waals surface area contributed by atoms with Gasteiger partial charge in [0, 0.05) is 18.5 Å². The van der Waals surface area contributed by atoms with E-state index in [9.17, 15) is 14.7 Å². The summed E-state index contributed by atoms with van der Waals surface area (Å²) in [7, 11) is 0. The Hall–Kier alpha value is -2.66. The lowest BCUT2D eigenvalue weighted by Crippen LogP contribution is -2.28. The summed E-state index contributed by atoms with van der Waals surface area (Å²) in [6.45, 7) is 2.08. The summed E-state index contributed by atoms with van der Waals surface area (Å²) in [5.41, 5.74) is 1.38. The zero-order valence-electron chi connectivity index (χ0n) is 14.3. The van der Waals surface area contributed by atoms with E-state index in [-0.39, 0.29) is 18.2 Å². The maximum atomic E-state index is 11.8. The molecule has 1 amide bonds. The summed E-state index contributed by atoms with van der Waals surface area (Å²) in [5.74, 6) is 0.477. The maximum Gasteiger partial charge on any atom is 0.220 e. The molecule has 1 atom stereocenters. The van der Waals surface area contributed by atoms with Gasteiger partial charge in [0.2, 0.25) is 5.91 Å². The molecule has 0 fully saturated rings. The number of hydrogen-bond acceptors (Lipinski definition) is 4. The Balaban J connectivity index is 1.65. The number of hydrogen-bond donors (Lipinski definition) is 2. The van der Waals surface area contributed by atoms with Gasteiger partial charge in [0.25, 0.3) is 0 Å². The molecule has 5 heteroatoms. The van der Waals surface area contributed by atoms with E-state index >= 15 is 0 Å². The molecule has 0 saturated heterocycles. The second-order valence-corrected chi connectivity index (χ2v) is 5.77. The van der Waals surface area contributed by atoms with Crippen LogP contribution in [0.15, 0.2) is 54.6 Å². The van der Waals surface area contributed by atoms with Gasteiger partial charge in [0.15, 0.2) is 5.78 Å². The molecule has 2 aromatic carbocycles. The van der Waals surface area contributed by atoms with Crippen molar-refractivity contribution in [2.45, 2.75) is 25.9 Å². The van der Waals surface area contributed by atoms with Gasteiger partial charge in [-0.3, -0.25) is 9.59 Å². The lowest BCUT2D eigenvalue weighted by atomic mass is 10.1. The van der Waals surface area contributed by atoms with Crippen LogP contribution in [-0.2, 0) is 4.79 Å². The van der Waals surface area contributed by atoms with Crippen molar-refractivity contribution >= 4 is 11.7 Å². The quantitative estimate of drug-likeness (QED) is 0.543. The highest BCUT2D eigenvalue weighted by Crippen LogP contribution is 2.14. The van der Waals surface area contributed by atoms with Gasteiger partial charge in [-0.15, -0.1) is 0 Å². The van der Waals surface area contributed by atoms with Crippen LogP contribution >= 0.6 is 0 Å². The van der Waals surface area contributed by atoms with E-state index in [1.807, 2.05) is 30.3 Å². The summed E-state index contributed by atoms with van der Waals surface area (Å²) < 4.78 is 5.56. The third-order valence-corrected chi connectivity index (χ3v) is 3.73. The van der Waals surface area contributed by atoms with Crippen LogP contribution in [0.3, 0.4) is 0 Å². The van der Waals surface area contributed by atoms with Crippen molar-refractivity contribution < 1.29 is 19.4 Å². The standard InChI is InChI=1S/C20H23NO4/c1-15(22)17-9-5-10-18(13-17)25-12-6-11-20(24)21-14-19(23)16-7-3-2-4-8-16/h2-5,7-10,13,19,23H,6,11-12,14H2,1H3,(H,21,24). The van der Waals surface area contributed by atoms with Gasteiger partial charge in [-0.2, -0.15) is 0 Å². The molecule has 25 heavy (non-hydrogen) atoms. The van der Waals surface area contributed by atoms with Gasteiger partial charge < -0.3 is 15.2 Å². The number of ether oxygens (including phenoxy) is 1. The van der Waals surface area contributed by atoms with Crippen molar-refractivity contribution in [1.29, 1.82) is 0 Å². The predicted octanol–water partition coefficient (Wildman–Crippen LogP) is 2.90. The molecule has 0 spiro atoms. The van der Waals surface area contributed by atoms with Gasteiger partial charge in [0.05, 0.1) is 12.7 Å². The third kappa shape index (κ3) is 6.39. The maximum absolute atomic E-state index is 11.8. The van der Waals surface area contributed by atoms with E-state index in [4.69, 9.17) is 4.74 Å². The Labute approximate surface area is 147 Å². The normalized spacial score (nSPS) is 11.6. The predicted molar refractivity (Wildman–Crippen MR) is 95.6 cm³/mol. The number of carbonyl (C=O) groups is 2. The van der Waals surface area contributed by atoms with E-state index in [2.05, 4.69) is 5.32 Å². The number of aliphatic hydroxyl groups is 1. The molecule has 0 bridgehead atoms. The van der Waals surface area contributed by atoms with Crippen LogP contribution in [0.4, 0.5) is 0 Å². The van der Waals surface area contributed by atoms with E-state index in [0.29, 0.717) is 30.8 Å². The molecule has 0 aromatic heterocycles. The fourth-order valence-electron chi connectivity index (χ4n) is 2.32. The lowest BCUT2D eigenvalue weighted by Gasteiger charge is -2.12. The molecule has 0 aliphatic rings. The molecule has 132 valence electrons. The Morgan fingerprint density at radius 1 is 1.12 bits per heavy atom. The molecule has 0 saturated carbocycles. The molecule has 0 aliphatic heterocycles. The number of ketones is 1. The number of amides is 1. The van der Waals surface area contributed by atoms with Crippen molar-refractivity contribution in [3.63, 3.8) is 0 Å². The van der Waals surface area contributed by atoms with Gasteiger partial charge in [-0.05, 0) is 31.0 Å². The summed E-state index contributed by atoms with van der Waals surface area (Å²) in [6.07, 6.45) is 0.154. The largest absolute Gasteiger partial charge is 0.494 e. The average Bonchev–Trinajstić information content (AvgIpc) is 2.64. The first-order chi connectivity index (χ1) is 12.1. The SMILES string of the molecule is CC(=O)c1cccc(OCCCC(=O)NCC(O)c2ccccc2)c1. The van der Waals surface area contributed by atoms with Gasteiger partial charge in [-0.1, -0.05) is 42.5 Å². The second kappa shape index (κ2) is 9.59. The minimum absolute atomic E-state index is 0.0122. The van der Waals surface area contributed by atoms with Gasteiger partial charge >= 0.3 is 0 Å². The first-order valence-corrected chi connectivity index (χ1v) is 8.30. The van der Waals surface area contributed by atoms with Crippen molar-refractivity contribution in [2.75, 3.05) is 13.2 Å². The molecule has 0 heterocycles. The molecular formula is C20H23NO4. The van der Waals surface area contributed by atoms with Crippen LogP contribution in [0.25, 0.3) is 0 Å². The number of rotatable bonds is 9. The fourth-order valence-corrected chi connectivity index (χ4v) is 2.32. The van der Waals surface area contributed by atoms with Crippen LogP contribution in [0.2, 0.25) is 0 Å². The monoisotopic (exact) mass is 341 g/mol. The number of Topliss-reactive ketones (excluding diaryl/α,β-unsaturated/α-hetero) is 1. The third-order valence-electron chi connectivity index (χ3n) is 3.73. The van der Waals surface area contributed by atoms with Crippen molar-refractivity contribution in [1.82, 2.24) is 5.32 Å². The molecule has 0 radical (unpaired) electrons. The molecule has 2 aromatic rings. The van der Waals surface area contributed by atoms with Gasteiger partial charge in [0.1, 0.15) is 5.75 Å². The Kier molecular flexibility index (Phi) is 7.16. The van der Waals surface area contributed by atoms with E-state index in [1.54, 1.807) is 24.3 Å². The smallest absolute Gasteiger partial charge is 0.220 e. The first-order valence-electron chi connectivity index (χ1n) is 8.30. The molecule has 1 unspecified atom stereocenters. The Morgan fingerprint density at radius 2 is 1.88 bits per heavy atom. The number of aliphatic hydroxyl groups excluding tert-OH is 1. The average molecular weight is 341 g/mol. The Bertz CT molecular complexity index is 700. The van der Waals surface area contributed by atoms with Crippen molar-refractivity contribution in [3.05, 3.63) is 65.7 Å². The highest BCUT2D eigenvalue weighted by Gasteiger charge is 2.09. The van der Waals surface area contributed by atoms with Crippen LogP contribution in [-0.4, -0.2) is 29.9 Å². The molecule has 0 aliphatic carbocycles. The summed E-state index contributed by atoms with van der Waals surface area (Å²) in [4.78, 5) is 23.1. The lowest BCUT2D eigenvalue weighted by molar-refractivity contribution is -0.121. The van der Waals surface area contributed by atoms with E-state index < -0.39 is 6.10 Å². The topological polar surface area (TPSA) is 75.6 Å². The zero-order valence-corrected chi connectivity index (χ0v) is 14.3. The zero-order chi connectivity index (χ0) is 18.1. The minimum Gasteiger partial charge on any atom is -0.494 e. The molecule has 5 nitrogen and oxygen atoms in total. The minimum atomic E-state index is -0.712. The highest BCUT2D eigenvalue weighted by molar-refractivity contribution is 5.94. The summed E-state index contributed by atoms with van der Waals surface area (Å²) in [6, 6.07) is 16.2. The molecule has 2 rings (SSSR count). The first kappa shape index (κ1) is 18.7.